The highest BCUT2D eigenvalue weighted by Crippen LogP contribution is 2.45. The van der Waals surface area contributed by atoms with E-state index in [-0.39, 0.29) is 17.9 Å². The molecule has 1 amide bonds. The Kier molecular flexibility index (Phi) is 3.68. The van der Waals surface area contributed by atoms with E-state index in [1.807, 2.05) is 12.1 Å². The maximum atomic E-state index is 12.3. The number of nitrogens with one attached hydrogen (secondary N) is 1. The number of amides is 1. The lowest BCUT2D eigenvalue weighted by molar-refractivity contribution is 0.0948. The van der Waals surface area contributed by atoms with Gasteiger partial charge in [-0.1, -0.05) is 40.5 Å². The van der Waals surface area contributed by atoms with Crippen molar-refractivity contribution in [2.45, 2.75) is 32.2 Å². The third-order valence-electron chi connectivity index (χ3n) is 3.75. The minimum atomic E-state index is -0.156. The molecule has 2 atom stereocenters. The summed E-state index contributed by atoms with van der Waals surface area (Å²) >= 11 is 12.2. The van der Waals surface area contributed by atoms with Crippen molar-refractivity contribution in [2.75, 3.05) is 0 Å². The van der Waals surface area contributed by atoms with Crippen LogP contribution in [0.15, 0.2) is 22.7 Å². The molecule has 0 bridgehead atoms. The molecule has 1 saturated carbocycles. The van der Waals surface area contributed by atoms with E-state index in [0.717, 1.165) is 12.0 Å². The molecule has 110 valence electrons. The van der Waals surface area contributed by atoms with Crippen molar-refractivity contribution in [1.82, 2.24) is 10.5 Å². The zero-order chi connectivity index (χ0) is 15.1. The van der Waals surface area contributed by atoms with Gasteiger partial charge in [0.05, 0.1) is 15.7 Å². The standard InChI is InChI=1S/C15H14Cl2N2O2/c1-7-13(8(2)21-19-7)15(20)18-12-6-10(12)9-4-3-5-11(16)14(9)17/h3-5,10,12H,6H2,1-2H3,(H,18,20)/t10-,12+/m0/s1. The zero-order valence-corrected chi connectivity index (χ0v) is 13.1. The fourth-order valence-corrected chi connectivity index (χ4v) is 3.00. The Morgan fingerprint density at radius 1 is 1.38 bits per heavy atom. The molecule has 1 fully saturated rings. The van der Waals surface area contributed by atoms with Crippen LogP contribution in [0.2, 0.25) is 10.0 Å². The van der Waals surface area contributed by atoms with Crippen LogP contribution in [0.1, 0.15) is 39.7 Å². The summed E-state index contributed by atoms with van der Waals surface area (Å²) < 4.78 is 5.02. The normalized spacial score (nSPS) is 20.4. The van der Waals surface area contributed by atoms with Gasteiger partial charge in [0.15, 0.2) is 0 Å². The Balaban J connectivity index is 1.72. The summed E-state index contributed by atoms with van der Waals surface area (Å²) in [6.07, 6.45) is 0.856. The van der Waals surface area contributed by atoms with Gasteiger partial charge in [-0.3, -0.25) is 4.79 Å². The molecule has 2 aromatic rings. The molecule has 0 saturated heterocycles. The van der Waals surface area contributed by atoms with Gasteiger partial charge < -0.3 is 9.84 Å². The van der Waals surface area contributed by atoms with Crippen molar-refractivity contribution in [3.05, 3.63) is 50.8 Å². The monoisotopic (exact) mass is 324 g/mol. The fourth-order valence-electron chi connectivity index (χ4n) is 2.55. The van der Waals surface area contributed by atoms with Gasteiger partial charge in [-0.05, 0) is 31.9 Å². The van der Waals surface area contributed by atoms with E-state index in [0.29, 0.717) is 27.1 Å². The highest BCUT2D eigenvalue weighted by Gasteiger charge is 2.41. The number of hydrogen-bond acceptors (Lipinski definition) is 3. The molecule has 0 unspecified atom stereocenters. The number of carbonyl (C=O) groups is 1. The Morgan fingerprint density at radius 2 is 2.14 bits per heavy atom. The van der Waals surface area contributed by atoms with Crippen LogP contribution in [0.3, 0.4) is 0 Å². The summed E-state index contributed by atoms with van der Waals surface area (Å²) in [6.45, 7) is 3.48. The van der Waals surface area contributed by atoms with Crippen LogP contribution in [0.5, 0.6) is 0 Å². The van der Waals surface area contributed by atoms with Crippen molar-refractivity contribution in [3.8, 4) is 0 Å². The Bertz CT molecular complexity index is 692. The molecule has 1 aliphatic carbocycles. The summed E-state index contributed by atoms with van der Waals surface area (Å²) in [5.41, 5.74) is 2.09. The Morgan fingerprint density at radius 3 is 2.81 bits per heavy atom. The van der Waals surface area contributed by atoms with Gasteiger partial charge >= 0.3 is 0 Å². The van der Waals surface area contributed by atoms with E-state index in [4.69, 9.17) is 27.7 Å². The number of halogens is 2. The lowest BCUT2D eigenvalue weighted by Gasteiger charge is -2.07. The second-order valence-corrected chi connectivity index (χ2v) is 6.05. The van der Waals surface area contributed by atoms with Crippen molar-refractivity contribution in [3.63, 3.8) is 0 Å². The summed E-state index contributed by atoms with van der Waals surface area (Å²) in [6, 6.07) is 5.64. The van der Waals surface area contributed by atoms with Gasteiger partial charge in [0.25, 0.3) is 5.91 Å². The highest BCUT2D eigenvalue weighted by molar-refractivity contribution is 6.42. The SMILES string of the molecule is Cc1noc(C)c1C(=O)N[C@@H]1C[C@H]1c1cccc(Cl)c1Cl. The van der Waals surface area contributed by atoms with Crippen LogP contribution in [0, 0.1) is 13.8 Å². The van der Waals surface area contributed by atoms with Crippen molar-refractivity contribution < 1.29 is 9.32 Å². The number of nitrogens with zero attached hydrogens (tertiary/aromatic N) is 1. The van der Waals surface area contributed by atoms with Crippen LogP contribution in [0.4, 0.5) is 0 Å². The topological polar surface area (TPSA) is 55.1 Å². The number of aromatic nitrogens is 1. The van der Waals surface area contributed by atoms with Crippen LogP contribution in [-0.2, 0) is 0 Å². The van der Waals surface area contributed by atoms with E-state index in [9.17, 15) is 4.79 Å². The summed E-state index contributed by atoms with van der Waals surface area (Å²) in [5, 5.41) is 7.89. The van der Waals surface area contributed by atoms with Gasteiger partial charge in [-0.25, -0.2) is 0 Å². The number of rotatable bonds is 3. The summed E-state index contributed by atoms with van der Waals surface area (Å²) in [4.78, 5) is 12.3. The maximum Gasteiger partial charge on any atom is 0.257 e. The Hall–Kier alpha value is -1.52. The molecular formula is C15H14Cl2N2O2. The zero-order valence-electron chi connectivity index (χ0n) is 11.6. The molecular weight excluding hydrogens is 311 g/mol. The van der Waals surface area contributed by atoms with E-state index in [2.05, 4.69) is 10.5 Å². The van der Waals surface area contributed by atoms with E-state index < -0.39 is 0 Å². The second kappa shape index (κ2) is 5.35. The molecule has 21 heavy (non-hydrogen) atoms. The van der Waals surface area contributed by atoms with Crippen LogP contribution in [0.25, 0.3) is 0 Å². The van der Waals surface area contributed by atoms with Gasteiger partial charge in [0, 0.05) is 12.0 Å². The third-order valence-corrected chi connectivity index (χ3v) is 4.58. The average molecular weight is 325 g/mol. The van der Waals surface area contributed by atoms with Gasteiger partial charge in [-0.15, -0.1) is 0 Å². The molecule has 1 heterocycles. The van der Waals surface area contributed by atoms with Crippen molar-refractivity contribution in [1.29, 1.82) is 0 Å². The first-order valence-electron chi connectivity index (χ1n) is 6.66. The van der Waals surface area contributed by atoms with Crippen LogP contribution in [-0.4, -0.2) is 17.1 Å². The lowest BCUT2D eigenvalue weighted by atomic mass is 10.1. The third kappa shape index (κ3) is 2.65. The van der Waals surface area contributed by atoms with Gasteiger partial charge in [0.2, 0.25) is 0 Å². The summed E-state index contributed by atoms with van der Waals surface area (Å²) in [7, 11) is 0. The minimum absolute atomic E-state index is 0.0715. The smallest absolute Gasteiger partial charge is 0.257 e. The molecule has 1 aromatic heterocycles. The molecule has 3 rings (SSSR count). The molecule has 1 aromatic carbocycles. The quantitative estimate of drug-likeness (QED) is 0.931. The molecule has 4 nitrogen and oxygen atoms in total. The molecule has 0 radical (unpaired) electrons. The van der Waals surface area contributed by atoms with Gasteiger partial charge in [-0.2, -0.15) is 0 Å². The number of hydrogen-bond donors (Lipinski definition) is 1. The van der Waals surface area contributed by atoms with Crippen molar-refractivity contribution in [2.24, 2.45) is 0 Å². The summed E-state index contributed by atoms with van der Waals surface area (Å²) in [5.74, 6) is 0.584. The Labute approximate surface area is 132 Å². The van der Waals surface area contributed by atoms with E-state index in [1.54, 1.807) is 19.9 Å². The fraction of sp³-hybridized carbons (Fsp3) is 0.333. The van der Waals surface area contributed by atoms with Crippen LogP contribution < -0.4 is 5.32 Å². The molecule has 1 aliphatic rings. The molecule has 1 N–H and O–H groups in total. The number of benzene rings is 1. The first-order chi connectivity index (χ1) is 9.99. The number of carbonyl (C=O) groups excluding carboxylic acids is 1. The molecule has 0 spiro atoms. The maximum absolute atomic E-state index is 12.3. The van der Waals surface area contributed by atoms with Crippen LogP contribution >= 0.6 is 23.2 Å². The molecule has 6 heteroatoms. The predicted octanol–water partition coefficient (Wildman–Crippen LogP) is 3.88. The number of aryl methyl sites for hydroxylation is 2. The first-order valence-corrected chi connectivity index (χ1v) is 7.42. The minimum Gasteiger partial charge on any atom is -0.361 e. The molecule has 0 aliphatic heterocycles. The van der Waals surface area contributed by atoms with Crippen molar-refractivity contribution >= 4 is 29.1 Å². The first kappa shape index (κ1) is 14.4. The van der Waals surface area contributed by atoms with E-state index in [1.165, 1.54) is 0 Å². The second-order valence-electron chi connectivity index (χ2n) is 5.26. The average Bonchev–Trinajstić information content (AvgIpc) is 3.10. The van der Waals surface area contributed by atoms with Gasteiger partial charge in [0.1, 0.15) is 11.3 Å². The largest absolute Gasteiger partial charge is 0.361 e. The lowest BCUT2D eigenvalue weighted by Crippen LogP contribution is -2.27. The predicted molar refractivity (Wildman–Crippen MR) is 81.1 cm³/mol. The van der Waals surface area contributed by atoms with E-state index >= 15 is 0 Å². The highest BCUT2D eigenvalue weighted by atomic mass is 35.5.